The molecule has 0 spiro atoms. The molecule has 0 aliphatic carbocycles. The van der Waals surface area contributed by atoms with Crippen LogP contribution in [0.3, 0.4) is 0 Å². The minimum atomic E-state index is -2.55. The molecule has 0 saturated heterocycles. The highest BCUT2D eigenvalue weighted by molar-refractivity contribution is 5.95. The number of rotatable bonds is 9. The molecule has 0 fully saturated rings. The summed E-state index contributed by atoms with van der Waals surface area (Å²) in [6.45, 7) is 1.72. The van der Waals surface area contributed by atoms with Gasteiger partial charge in [-0.1, -0.05) is 6.92 Å². The molecule has 21 heavy (non-hydrogen) atoms. The van der Waals surface area contributed by atoms with Crippen molar-refractivity contribution in [3.8, 4) is 0 Å². The molecule has 2 N–H and O–H groups in total. The Morgan fingerprint density at radius 1 is 1.43 bits per heavy atom. The fraction of sp³-hybridized carbons (Fsp3) is 0.538. The first-order valence-electron chi connectivity index (χ1n) is 6.58. The number of alkyl halides is 2. The number of nitrogens with zero attached hydrogens (tertiary/aromatic N) is 1. The Morgan fingerprint density at radius 3 is 2.86 bits per heavy atom. The molecular formula is C13H18F3N3O2. The summed E-state index contributed by atoms with van der Waals surface area (Å²) in [5.41, 5.74) is -0.155. The number of hydrogen-bond acceptors (Lipinski definition) is 4. The number of hydrogen-bond donors (Lipinski definition) is 2. The van der Waals surface area contributed by atoms with Gasteiger partial charge < -0.3 is 15.4 Å². The van der Waals surface area contributed by atoms with E-state index in [9.17, 15) is 18.0 Å². The molecule has 0 aromatic carbocycles. The Morgan fingerprint density at radius 2 is 2.19 bits per heavy atom. The molecule has 1 rings (SSSR count). The number of halogens is 3. The lowest BCUT2D eigenvalue weighted by molar-refractivity contribution is 0.0188. The van der Waals surface area contributed by atoms with Crippen LogP contribution in [0.25, 0.3) is 0 Å². The lowest BCUT2D eigenvalue weighted by Crippen LogP contribution is -2.29. The Kier molecular flexibility index (Phi) is 7.52. The summed E-state index contributed by atoms with van der Waals surface area (Å²) in [5, 5.41) is 5.17. The van der Waals surface area contributed by atoms with Crippen molar-refractivity contribution in [3.63, 3.8) is 0 Å². The van der Waals surface area contributed by atoms with Gasteiger partial charge >= 0.3 is 0 Å². The van der Waals surface area contributed by atoms with E-state index in [0.29, 0.717) is 6.54 Å². The van der Waals surface area contributed by atoms with Crippen LogP contribution in [-0.2, 0) is 4.74 Å². The second-order valence-corrected chi connectivity index (χ2v) is 4.17. The van der Waals surface area contributed by atoms with Crippen LogP contribution in [0.15, 0.2) is 12.3 Å². The van der Waals surface area contributed by atoms with Crippen LogP contribution in [-0.4, -0.2) is 43.6 Å². The second kappa shape index (κ2) is 9.17. The fourth-order valence-electron chi connectivity index (χ4n) is 1.49. The smallest absolute Gasteiger partial charge is 0.261 e. The minimum absolute atomic E-state index is 0.0125. The molecule has 5 nitrogen and oxygen atoms in total. The molecule has 118 valence electrons. The number of carbonyl (C=O) groups excluding carboxylic acids is 1. The van der Waals surface area contributed by atoms with Crippen molar-refractivity contribution < 1.29 is 22.7 Å². The highest BCUT2D eigenvalue weighted by Crippen LogP contribution is 2.14. The molecule has 8 heteroatoms. The van der Waals surface area contributed by atoms with Crippen molar-refractivity contribution in [3.05, 3.63) is 23.6 Å². The number of aromatic nitrogens is 1. The molecule has 0 radical (unpaired) electrons. The van der Waals surface area contributed by atoms with Crippen LogP contribution in [0.5, 0.6) is 0 Å². The molecule has 0 saturated carbocycles. The molecule has 1 amide bonds. The van der Waals surface area contributed by atoms with E-state index in [0.717, 1.165) is 6.42 Å². The largest absolute Gasteiger partial charge is 0.374 e. The zero-order valence-electron chi connectivity index (χ0n) is 11.7. The highest BCUT2D eigenvalue weighted by atomic mass is 19.3. The third-order valence-corrected chi connectivity index (χ3v) is 2.45. The van der Waals surface area contributed by atoms with E-state index in [-0.39, 0.29) is 24.5 Å². The van der Waals surface area contributed by atoms with Crippen LogP contribution in [0.1, 0.15) is 23.7 Å². The number of anilines is 1. The molecule has 0 aliphatic rings. The van der Waals surface area contributed by atoms with Gasteiger partial charge in [-0.15, -0.1) is 0 Å². The first kappa shape index (κ1) is 17.2. The van der Waals surface area contributed by atoms with E-state index < -0.39 is 24.8 Å². The fourth-order valence-corrected chi connectivity index (χ4v) is 1.49. The van der Waals surface area contributed by atoms with Gasteiger partial charge in [0.25, 0.3) is 12.3 Å². The highest BCUT2D eigenvalue weighted by Gasteiger charge is 2.15. The van der Waals surface area contributed by atoms with Crippen LogP contribution in [0.2, 0.25) is 0 Å². The van der Waals surface area contributed by atoms with Crippen molar-refractivity contribution >= 4 is 11.7 Å². The Balaban J connectivity index is 2.50. The third kappa shape index (κ3) is 5.99. The van der Waals surface area contributed by atoms with Crippen molar-refractivity contribution in [1.82, 2.24) is 10.3 Å². The number of carbonyl (C=O) groups is 1. The van der Waals surface area contributed by atoms with Crippen molar-refractivity contribution in [2.24, 2.45) is 0 Å². The molecular weight excluding hydrogens is 287 g/mol. The number of nitrogens with one attached hydrogen (secondary N) is 2. The molecule has 1 aromatic rings. The van der Waals surface area contributed by atoms with Gasteiger partial charge in [-0.05, 0) is 12.5 Å². The average molecular weight is 305 g/mol. The predicted molar refractivity (Wildman–Crippen MR) is 72.1 cm³/mol. The lowest BCUT2D eigenvalue weighted by Gasteiger charge is -2.09. The third-order valence-electron chi connectivity index (χ3n) is 2.45. The molecule has 0 atom stereocenters. The van der Waals surface area contributed by atoms with Gasteiger partial charge in [0.15, 0.2) is 11.6 Å². The normalized spacial score (nSPS) is 10.7. The van der Waals surface area contributed by atoms with Crippen molar-refractivity contribution in [2.45, 2.75) is 19.8 Å². The quantitative estimate of drug-likeness (QED) is 0.686. The van der Waals surface area contributed by atoms with Crippen LogP contribution >= 0.6 is 0 Å². The number of amides is 1. The number of ether oxygens (including phenoxy) is 1. The van der Waals surface area contributed by atoms with E-state index in [1.54, 1.807) is 0 Å². The zero-order chi connectivity index (χ0) is 15.7. The summed E-state index contributed by atoms with van der Waals surface area (Å²) in [5.74, 6) is -1.37. The maximum absolute atomic E-state index is 14.0. The second-order valence-electron chi connectivity index (χ2n) is 4.17. The predicted octanol–water partition coefficient (Wildman–Crippen LogP) is 2.05. The van der Waals surface area contributed by atoms with Crippen molar-refractivity contribution in [1.29, 1.82) is 0 Å². The van der Waals surface area contributed by atoms with Crippen LogP contribution < -0.4 is 10.6 Å². The van der Waals surface area contributed by atoms with Gasteiger partial charge in [-0.25, -0.2) is 18.2 Å². The van der Waals surface area contributed by atoms with E-state index in [1.807, 2.05) is 6.92 Å². The zero-order valence-corrected chi connectivity index (χ0v) is 11.7. The Labute approximate surface area is 120 Å². The average Bonchev–Trinajstić information content (AvgIpc) is 2.45. The van der Waals surface area contributed by atoms with Crippen LogP contribution in [0.4, 0.5) is 19.0 Å². The molecule has 1 heterocycles. The van der Waals surface area contributed by atoms with E-state index in [4.69, 9.17) is 0 Å². The van der Waals surface area contributed by atoms with E-state index >= 15 is 0 Å². The molecule has 0 bridgehead atoms. The summed E-state index contributed by atoms with van der Waals surface area (Å²) in [6.07, 6.45) is -0.437. The van der Waals surface area contributed by atoms with Gasteiger partial charge in [0, 0.05) is 19.3 Å². The molecule has 1 aromatic heterocycles. The topological polar surface area (TPSA) is 63.2 Å². The lowest BCUT2D eigenvalue weighted by atomic mass is 10.2. The number of pyridine rings is 1. The Hall–Kier alpha value is -1.83. The molecule has 0 aliphatic heterocycles. The van der Waals surface area contributed by atoms with E-state index in [1.165, 1.54) is 12.3 Å². The van der Waals surface area contributed by atoms with Gasteiger partial charge in [0.2, 0.25) is 0 Å². The van der Waals surface area contributed by atoms with Gasteiger partial charge in [-0.3, -0.25) is 4.79 Å². The summed E-state index contributed by atoms with van der Waals surface area (Å²) in [7, 11) is 0. The Bertz CT molecular complexity index is 458. The van der Waals surface area contributed by atoms with Gasteiger partial charge in [0.1, 0.15) is 6.61 Å². The maximum atomic E-state index is 14.0. The van der Waals surface area contributed by atoms with Crippen LogP contribution in [0, 0.1) is 5.82 Å². The minimum Gasteiger partial charge on any atom is -0.374 e. The van der Waals surface area contributed by atoms with Gasteiger partial charge in [0.05, 0.1) is 12.2 Å². The summed E-state index contributed by atoms with van der Waals surface area (Å²) in [4.78, 5) is 15.6. The summed E-state index contributed by atoms with van der Waals surface area (Å²) < 4.78 is 42.2. The van der Waals surface area contributed by atoms with Crippen molar-refractivity contribution in [2.75, 3.05) is 31.6 Å². The maximum Gasteiger partial charge on any atom is 0.261 e. The standard InChI is InChI=1S/C13H18F3N3O2/c1-2-4-17-12-11(16)9(3-5-18-12)13(20)19-6-7-21-8-10(14)15/h3,5,10H,2,4,6-8H2,1H3,(H,17,18)(H,19,20). The van der Waals surface area contributed by atoms with E-state index in [2.05, 4.69) is 20.4 Å². The SMILES string of the molecule is CCCNc1nccc(C(=O)NCCOCC(F)F)c1F. The summed E-state index contributed by atoms with van der Waals surface area (Å²) >= 11 is 0. The summed E-state index contributed by atoms with van der Waals surface area (Å²) in [6, 6.07) is 1.25. The first-order chi connectivity index (χ1) is 10.1. The molecule has 0 unspecified atom stereocenters. The first-order valence-corrected chi connectivity index (χ1v) is 6.58. The monoisotopic (exact) mass is 305 g/mol. The van der Waals surface area contributed by atoms with Gasteiger partial charge in [-0.2, -0.15) is 0 Å².